The molecule has 0 aromatic rings. The summed E-state index contributed by atoms with van der Waals surface area (Å²) >= 11 is 0. The van der Waals surface area contributed by atoms with E-state index < -0.39 is 43.4 Å². The number of rotatable bonds is 39. The lowest BCUT2D eigenvalue weighted by atomic mass is 9.99. The molecule has 9 heteroatoms. The van der Waals surface area contributed by atoms with E-state index in [-0.39, 0.29) is 19.2 Å². The van der Waals surface area contributed by atoms with E-state index in [9.17, 15) is 25.2 Å². The fourth-order valence-corrected chi connectivity index (χ4v) is 6.70. The minimum atomic E-state index is -1.54. The molecule has 0 spiro atoms. The Bertz CT molecular complexity index is 1130. The summed E-state index contributed by atoms with van der Waals surface area (Å²) in [5.41, 5.74) is 0. The summed E-state index contributed by atoms with van der Waals surface area (Å²) in [6.07, 6.45) is 46.5. The zero-order chi connectivity index (χ0) is 42.9. The molecule has 1 aliphatic rings. The van der Waals surface area contributed by atoms with Crippen molar-refractivity contribution in [1.82, 2.24) is 0 Å². The lowest BCUT2D eigenvalue weighted by Gasteiger charge is -2.39. The maximum Gasteiger partial charge on any atom is 0.306 e. The second-order valence-corrected chi connectivity index (χ2v) is 15.8. The van der Waals surface area contributed by atoms with Crippen LogP contribution >= 0.6 is 0 Å². The monoisotopic (exact) mass is 831 g/mol. The molecule has 6 atom stereocenters. The number of allylic oxidation sites excluding steroid dienone is 12. The van der Waals surface area contributed by atoms with Crippen molar-refractivity contribution < 1.29 is 44.2 Å². The Labute approximate surface area is 359 Å². The van der Waals surface area contributed by atoms with E-state index in [4.69, 9.17) is 18.9 Å². The Kier molecular flexibility index (Phi) is 38.0. The van der Waals surface area contributed by atoms with Gasteiger partial charge >= 0.3 is 5.97 Å². The maximum absolute atomic E-state index is 12.8. The Morgan fingerprint density at radius 1 is 0.559 bits per heavy atom. The number of ether oxygens (including phenoxy) is 4. The van der Waals surface area contributed by atoms with Crippen molar-refractivity contribution >= 4 is 5.97 Å². The van der Waals surface area contributed by atoms with E-state index in [0.29, 0.717) is 13.0 Å². The molecule has 1 heterocycles. The molecule has 1 saturated heterocycles. The summed E-state index contributed by atoms with van der Waals surface area (Å²) in [6.45, 7) is 4.36. The molecule has 59 heavy (non-hydrogen) atoms. The highest BCUT2D eigenvalue weighted by molar-refractivity contribution is 5.69. The van der Waals surface area contributed by atoms with Gasteiger partial charge in [-0.05, 0) is 77.0 Å². The topological polar surface area (TPSA) is 135 Å². The minimum absolute atomic E-state index is 0.122. The summed E-state index contributed by atoms with van der Waals surface area (Å²) in [5.74, 6) is -0.326. The zero-order valence-corrected chi connectivity index (χ0v) is 37.2. The zero-order valence-electron chi connectivity index (χ0n) is 37.2. The molecule has 340 valence electrons. The van der Waals surface area contributed by atoms with Crippen LogP contribution in [-0.2, 0) is 23.7 Å². The lowest BCUT2D eigenvalue weighted by Crippen LogP contribution is -2.59. The molecule has 6 unspecified atom stereocenters. The molecule has 0 aromatic carbocycles. The molecule has 0 aromatic heterocycles. The second-order valence-electron chi connectivity index (χ2n) is 15.8. The van der Waals surface area contributed by atoms with Gasteiger partial charge in [0.1, 0.15) is 30.5 Å². The number of hydrogen-bond donors (Lipinski definition) is 4. The lowest BCUT2D eigenvalue weighted by molar-refractivity contribution is -0.305. The van der Waals surface area contributed by atoms with Crippen LogP contribution in [0.15, 0.2) is 72.9 Å². The summed E-state index contributed by atoms with van der Waals surface area (Å²) in [6, 6.07) is 0. The maximum atomic E-state index is 12.8. The van der Waals surface area contributed by atoms with Crippen LogP contribution in [0.1, 0.15) is 174 Å². The molecule has 0 bridgehead atoms. The van der Waals surface area contributed by atoms with Crippen molar-refractivity contribution in [3.05, 3.63) is 72.9 Å². The number of unbranched alkanes of at least 4 members (excludes halogenated alkanes) is 16. The first-order valence-electron chi connectivity index (χ1n) is 23.5. The molecule has 0 saturated carbocycles. The van der Waals surface area contributed by atoms with Crippen molar-refractivity contribution in [3.63, 3.8) is 0 Å². The second kappa shape index (κ2) is 41.0. The third kappa shape index (κ3) is 32.1. The Hall–Kier alpha value is -2.37. The van der Waals surface area contributed by atoms with Crippen molar-refractivity contribution in [2.75, 3.05) is 26.4 Å². The van der Waals surface area contributed by atoms with Crippen LogP contribution in [-0.4, -0.2) is 89.6 Å². The van der Waals surface area contributed by atoms with Gasteiger partial charge in [0.15, 0.2) is 6.29 Å². The van der Waals surface area contributed by atoms with Crippen LogP contribution in [0.2, 0.25) is 0 Å². The van der Waals surface area contributed by atoms with Crippen molar-refractivity contribution in [3.8, 4) is 0 Å². The van der Waals surface area contributed by atoms with Gasteiger partial charge in [0, 0.05) is 13.0 Å². The van der Waals surface area contributed by atoms with E-state index in [0.717, 1.165) is 89.9 Å². The predicted octanol–water partition coefficient (Wildman–Crippen LogP) is 10.9. The quantitative estimate of drug-likeness (QED) is 0.0271. The van der Waals surface area contributed by atoms with Crippen LogP contribution in [0.4, 0.5) is 0 Å². The average Bonchev–Trinajstić information content (AvgIpc) is 3.24. The molecule has 0 aliphatic carbocycles. The Balaban J connectivity index is 2.20. The van der Waals surface area contributed by atoms with Gasteiger partial charge in [0.25, 0.3) is 0 Å². The number of esters is 1. The number of carbonyl (C=O) groups excluding carboxylic acids is 1. The standard InChI is InChI=1S/C50H86O9/c1-3-5-7-9-11-13-15-16-17-18-19-20-21-22-23-24-25-26-27-28-29-31-33-35-37-39-46(52)58-44(43-57-50-49(55)48(54)47(53)45(41-51)59-50)42-56-40-38-36-34-32-30-14-12-10-8-6-4-2/h5,7-8,10-11,13,16-17,19-20,22-23,44-45,47-51,53-55H,3-4,6,9,12,14-15,18,21,24-43H2,1-2H3/b7-5-,10-8-,13-11-,17-16-,20-19-,23-22-. The molecular formula is C50H86O9. The van der Waals surface area contributed by atoms with E-state index >= 15 is 0 Å². The summed E-state index contributed by atoms with van der Waals surface area (Å²) < 4.78 is 22.8. The van der Waals surface area contributed by atoms with Gasteiger partial charge in [-0.15, -0.1) is 0 Å². The molecule has 0 radical (unpaired) electrons. The van der Waals surface area contributed by atoms with E-state index in [1.54, 1.807) is 0 Å². The Morgan fingerprint density at radius 2 is 1.03 bits per heavy atom. The highest BCUT2D eigenvalue weighted by Gasteiger charge is 2.44. The van der Waals surface area contributed by atoms with Crippen molar-refractivity contribution in [2.45, 2.75) is 211 Å². The van der Waals surface area contributed by atoms with Gasteiger partial charge < -0.3 is 39.4 Å². The summed E-state index contributed by atoms with van der Waals surface area (Å²) in [5, 5.41) is 40.1. The smallest absolute Gasteiger partial charge is 0.306 e. The third-order valence-corrected chi connectivity index (χ3v) is 10.3. The first-order valence-corrected chi connectivity index (χ1v) is 23.5. The predicted molar refractivity (Wildman–Crippen MR) is 242 cm³/mol. The van der Waals surface area contributed by atoms with E-state index in [1.807, 2.05) is 0 Å². The first-order chi connectivity index (χ1) is 28.9. The van der Waals surface area contributed by atoms with Gasteiger partial charge in [0.2, 0.25) is 0 Å². The number of hydrogen-bond acceptors (Lipinski definition) is 9. The minimum Gasteiger partial charge on any atom is -0.457 e. The van der Waals surface area contributed by atoms with Gasteiger partial charge in [0.05, 0.1) is 19.8 Å². The van der Waals surface area contributed by atoms with E-state index in [1.165, 1.54) is 64.2 Å². The van der Waals surface area contributed by atoms with Crippen molar-refractivity contribution in [1.29, 1.82) is 0 Å². The highest BCUT2D eigenvalue weighted by atomic mass is 16.7. The normalized spacial score (nSPS) is 20.8. The van der Waals surface area contributed by atoms with Gasteiger partial charge in [-0.25, -0.2) is 0 Å². The molecule has 1 rings (SSSR count). The van der Waals surface area contributed by atoms with Gasteiger partial charge in [-0.3, -0.25) is 4.79 Å². The fourth-order valence-electron chi connectivity index (χ4n) is 6.70. The molecule has 1 fully saturated rings. The third-order valence-electron chi connectivity index (χ3n) is 10.3. The summed E-state index contributed by atoms with van der Waals surface area (Å²) in [4.78, 5) is 12.8. The van der Waals surface area contributed by atoms with Crippen LogP contribution < -0.4 is 0 Å². The molecule has 1 aliphatic heterocycles. The number of aliphatic hydroxyl groups is 4. The first kappa shape index (κ1) is 54.6. The Morgan fingerprint density at radius 3 is 1.58 bits per heavy atom. The largest absolute Gasteiger partial charge is 0.457 e. The van der Waals surface area contributed by atoms with Gasteiger partial charge in [-0.1, -0.05) is 164 Å². The number of aliphatic hydroxyl groups excluding tert-OH is 4. The molecule has 4 N–H and O–H groups in total. The van der Waals surface area contributed by atoms with E-state index in [2.05, 4.69) is 86.8 Å². The average molecular weight is 831 g/mol. The fraction of sp³-hybridized carbons (Fsp3) is 0.740. The van der Waals surface area contributed by atoms with Crippen LogP contribution in [0.5, 0.6) is 0 Å². The van der Waals surface area contributed by atoms with Crippen LogP contribution in [0.3, 0.4) is 0 Å². The summed E-state index contributed by atoms with van der Waals surface area (Å²) in [7, 11) is 0. The van der Waals surface area contributed by atoms with Gasteiger partial charge in [-0.2, -0.15) is 0 Å². The van der Waals surface area contributed by atoms with Crippen molar-refractivity contribution in [2.24, 2.45) is 0 Å². The highest BCUT2D eigenvalue weighted by Crippen LogP contribution is 2.22. The molecule has 9 nitrogen and oxygen atoms in total. The molecular weight excluding hydrogens is 745 g/mol. The number of carbonyl (C=O) groups is 1. The SMILES string of the molecule is CC/C=C\C/C=C\C/C=C\C/C=C\C/C=C\CCCCCCCCCCCC(=O)OC(COCCCCCCCC/C=C\CCC)COC1OC(CO)C(O)C(O)C1O. The van der Waals surface area contributed by atoms with Crippen LogP contribution in [0.25, 0.3) is 0 Å². The van der Waals surface area contributed by atoms with Crippen LogP contribution in [0, 0.1) is 0 Å². The molecule has 0 amide bonds.